The lowest BCUT2D eigenvalue weighted by atomic mass is 9.78. The van der Waals surface area contributed by atoms with Crippen LogP contribution in [0.3, 0.4) is 0 Å². The predicted octanol–water partition coefficient (Wildman–Crippen LogP) is 4.91. The van der Waals surface area contributed by atoms with E-state index in [-0.39, 0.29) is 6.42 Å². The van der Waals surface area contributed by atoms with E-state index in [0.29, 0.717) is 12.5 Å². The quantitative estimate of drug-likeness (QED) is 0.475. The highest BCUT2D eigenvalue weighted by Gasteiger charge is 2.47. The first-order chi connectivity index (χ1) is 12.2. The van der Waals surface area contributed by atoms with Gasteiger partial charge in [0.05, 0.1) is 13.2 Å². The molecule has 0 spiro atoms. The number of ether oxygens (including phenoxy) is 1. The van der Waals surface area contributed by atoms with Gasteiger partial charge in [0.25, 0.3) is 0 Å². The molecule has 2 fully saturated rings. The van der Waals surface area contributed by atoms with Crippen molar-refractivity contribution >= 4 is 17.7 Å². The number of carboxylic acids is 1. The highest BCUT2D eigenvalue weighted by Crippen LogP contribution is 2.54. The third-order valence-electron chi connectivity index (χ3n) is 5.35. The minimum atomic E-state index is -0.700. The van der Waals surface area contributed by atoms with E-state index >= 15 is 0 Å². The van der Waals surface area contributed by atoms with Gasteiger partial charge in [-0.15, -0.1) is 0 Å². The van der Waals surface area contributed by atoms with Gasteiger partial charge in [-0.2, -0.15) is 11.8 Å². The Morgan fingerprint density at radius 3 is 2.68 bits per heavy atom. The van der Waals surface area contributed by atoms with Crippen LogP contribution in [-0.4, -0.2) is 28.2 Å². The molecule has 0 amide bonds. The molecule has 4 heteroatoms. The molecule has 3 nitrogen and oxygen atoms in total. The van der Waals surface area contributed by atoms with E-state index in [2.05, 4.69) is 48.2 Å². The molecule has 2 bridgehead atoms. The molecule has 0 aliphatic carbocycles. The predicted molar refractivity (Wildman–Crippen MR) is 103 cm³/mol. The topological polar surface area (TPSA) is 46.5 Å². The highest BCUT2D eigenvalue weighted by molar-refractivity contribution is 8.01. The fraction of sp³-hybridized carbons (Fsp3) is 0.571. The first kappa shape index (κ1) is 18.5. The summed E-state index contributed by atoms with van der Waals surface area (Å²) < 4.78 is 6.06. The Balaban J connectivity index is 1.43. The molecule has 1 aromatic rings. The fourth-order valence-electron chi connectivity index (χ4n) is 4.06. The van der Waals surface area contributed by atoms with Crippen molar-refractivity contribution in [1.82, 2.24) is 0 Å². The van der Waals surface area contributed by atoms with Crippen LogP contribution in [0.1, 0.15) is 44.1 Å². The van der Waals surface area contributed by atoms with Crippen LogP contribution < -0.4 is 0 Å². The van der Waals surface area contributed by atoms with Gasteiger partial charge < -0.3 is 9.84 Å². The number of benzene rings is 1. The Morgan fingerprint density at radius 2 is 1.92 bits per heavy atom. The zero-order valence-corrected chi connectivity index (χ0v) is 15.5. The molecule has 1 N–H and O–H groups in total. The first-order valence-electron chi connectivity index (χ1n) is 9.38. The number of thioether (sulfide) groups is 1. The average molecular weight is 361 g/mol. The van der Waals surface area contributed by atoms with Crippen LogP contribution >= 0.6 is 11.8 Å². The smallest absolute Gasteiger partial charge is 0.303 e. The summed E-state index contributed by atoms with van der Waals surface area (Å²) >= 11 is 2.17. The summed E-state index contributed by atoms with van der Waals surface area (Å²) in [7, 11) is 0. The van der Waals surface area contributed by atoms with Gasteiger partial charge in [-0.05, 0) is 49.5 Å². The van der Waals surface area contributed by atoms with Gasteiger partial charge in [-0.3, -0.25) is 4.79 Å². The monoisotopic (exact) mass is 360 g/mol. The number of hydrogen-bond acceptors (Lipinski definition) is 3. The van der Waals surface area contributed by atoms with Crippen molar-refractivity contribution in [1.29, 1.82) is 0 Å². The number of allylic oxidation sites excluding steroid dienone is 2. The maximum absolute atomic E-state index is 10.5. The average Bonchev–Trinajstić information content (AvgIpc) is 3.21. The number of aliphatic carboxylic acids is 1. The van der Waals surface area contributed by atoms with Crippen molar-refractivity contribution in [2.75, 3.05) is 6.61 Å². The maximum Gasteiger partial charge on any atom is 0.303 e. The molecule has 0 unspecified atom stereocenters. The van der Waals surface area contributed by atoms with Crippen LogP contribution in [0.25, 0.3) is 0 Å². The number of carboxylic acid groups (broad SMARTS) is 1. The molecule has 0 aromatic heterocycles. The van der Waals surface area contributed by atoms with Crippen molar-refractivity contribution in [2.45, 2.75) is 55.6 Å². The van der Waals surface area contributed by atoms with Crippen molar-refractivity contribution in [3.8, 4) is 0 Å². The summed E-state index contributed by atoms with van der Waals surface area (Å²) in [6, 6.07) is 10.4. The molecule has 2 heterocycles. The van der Waals surface area contributed by atoms with Crippen LogP contribution in [0, 0.1) is 11.8 Å². The van der Waals surface area contributed by atoms with Crippen molar-refractivity contribution < 1.29 is 14.6 Å². The maximum atomic E-state index is 10.5. The van der Waals surface area contributed by atoms with Crippen LogP contribution in [-0.2, 0) is 16.1 Å². The molecule has 2 saturated heterocycles. The van der Waals surface area contributed by atoms with Gasteiger partial charge in [-0.1, -0.05) is 42.5 Å². The van der Waals surface area contributed by atoms with E-state index < -0.39 is 5.97 Å². The second-order valence-electron chi connectivity index (χ2n) is 7.11. The summed E-state index contributed by atoms with van der Waals surface area (Å²) in [6.45, 7) is 1.57. The lowest BCUT2D eigenvalue weighted by Crippen LogP contribution is -2.30. The van der Waals surface area contributed by atoms with Crippen molar-refractivity contribution in [2.24, 2.45) is 11.8 Å². The molecule has 0 saturated carbocycles. The largest absolute Gasteiger partial charge is 0.481 e. The van der Waals surface area contributed by atoms with E-state index in [9.17, 15) is 4.79 Å². The van der Waals surface area contributed by atoms with Gasteiger partial charge in [0.2, 0.25) is 0 Å². The summed E-state index contributed by atoms with van der Waals surface area (Å²) in [5.74, 6) is 0.680. The second-order valence-corrected chi connectivity index (χ2v) is 8.60. The molecule has 0 radical (unpaired) electrons. The minimum absolute atomic E-state index is 0.268. The normalized spacial score (nSPS) is 28.0. The number of rotatable bonds is 10. The summed E-state index contributed by atoms with van der Waals surface area (Å²) in [4.78, 5) is 10.5. The molecular weight excluding hydrogens is 332 g/mol. The van der Waals surface area contributed by atoms with Gasteiger partial charge in [0, 0.05) is 16.9 Å². The van der Waals surface area contributed by atoms with E-state index in [4.69, 9.17) is 9.84 Å². The van der Waals surface area contributed by atoms with Crippen LogP contribution in [0.5, 0.6) is 0 Å². The Bertz CT molecular complexity index is 572. The molecule has 4 atom stereocenters. The van der Waals surface area contributed by atoms with Gasteiger partial charge in [0.15, 0.2) is 0 Å². The van der Waals surface area contributed by atoms with Gasteiger partial charge in [-0.25, -0.2) is 0 Å². The van der Waals surface area contributed by atoms with Crippen molar-refractivity contribution in [3.05, 3.63) is 48.0 Å². The third kappa shape index (κ3) is 5.35. The summed E-state index contributed by atoms with van der Waals surface area (Å²) in [5.41, 5.74) is 1.24. The zero-order chi connectivity index (χ0) is 17.5. The zero-order valence-electron chi connectivity index (χ0n) is 14.7. The molecule has 3 rings (SSSR count). The molecule has 1 aromatic carbocycles. The number of hydrogen-bond donors (Lipinski definition) is 1. The Kier molecular flexibility index (Phi) is 7.00. The van der Waals surface area contributed by atoms with Crippen LogP contribution in [0.2, 0.25) is 0 Å². The van der Waals surface area contributed by atoms with Gasteiger partial charge >= 0.3 is 5.97 Å². The fourth-order valence-corrected chi connectivity index (χ4v) is 6.05. The Labute approximate surface area is 154 Å². The summed E-state index contributed by atoms with van der Waals surface area (Å²) in [5, 5.41) is 10.2. The van der Waals surface area contributed by atoms with Crippen LogP contribution in [0.15, 0.2) is 42.5 Å². The van der Waals surface area contributed by atoms with Crippen molar-refractivity contribution in [3.63, 3.8) is 0 Å². The number of unbranched alkanes of at least 4 members (excludes halogenated alkanes) is 1. The SMILES string of the molecule is O=C(O)CCCC=CC[C@@H]1[C@H](COCc2ccccc2)[C@@H]2CC[C@H]1S2. The summed E-state index contributed by atoms with van der Waals surface area (Å²) in [6.07, 6.45) is 10.1. The number of fused-ring (bicyclic) bond motifs is 2. The standard InChI is InChI=1S/C21H28O3S/c22-21(23)11-7-2-1-6-10-17-18(20-13-12-19(17)25-20)15-24-14-16-8-4-3-5-9-16/h1,3-6,8-9,17-20H,2,7,10-15H2,(H,22,23)/t17-,18+,19-,20+/m1/s1. The highest BCUT2D eigenvalue weighted by atomic mass is 32.2. The van der Waals surface area contributed by atoms with E-state index in [1.165, 1.54) is 18.4 Å². The number of carbonyl (C=O) groups is 1. The molecular formula is C21H28O3S. The first-order valence-corrected chi connectivity index (χ1v) is 10.3. The molecule has 25 heavy (non-hydrogen) atoms. The third-order valence-corrected chi connectivity index (χ3v) is 7.22. The Hall–Kier alpha value is -1.26. The van der Waals surface area contributed by atoms with Crippen LogP contribution in [0.4, 0.5) is 0 Å². The molecule has 2 aliphatic rings. The lowest BCUT2D eigenvalue weighted by molar-refractivity contribution is -0.137. The second kappa shape index (κ2) is 9.44. The van der Waals surface area contributed by atoms with E-state index in [1.807, 2.05) is 6.07 Å². The lowest BCUT2D eigenvalue weighted by Gasteiger charge is -2.29. The Morgan fingerprint density at radius 1 is 1.16 bits per heavy atom. The van der Waals surface area contributed by atoms with Gasteiger partial charge in [0.1, 0.15) is 0 Å². The minimum Gasteiger partial charge on any atom is -0.481 e. The van der Waals surface area contributed by atoms with E-state index in [0.717, 1.165) is 42.3 Å². The molecule has 136 valence electrons. The van der Waals surface area contributed by atoms with E-state index in [1.54, 1.807) is 0 Å². The molecule has 2 aliphatic heterocycles.